The molecule has 0 aromatic carbocycles. The number of alkyl halides is 3. The van der Waals surface area contributed by atoms with Gasteiger partial charge < -0.3 is 15.0 Å². The smallest absolute Gasteiger partial charge is 0.381 e. The summed E-state index contributed by atoms with van der Waals surface area (Å²) in [5.41, 5.74) is 0.0801. The largest absolute Gasteiger partial charge is 0.453 e. The SMILES string of the molecule is FC(F)(F)c1nnc2ccc(NC3CCN(CC4CCOC4)CC3)nn12. The lowest BCUT2D eigenvalue weighted by Gasteiger charge is -2.33. The van der Waals surface area contributed by atoms with E-state index in [1.54, 1.807) is 6.07 Å². The van der Waals surface area contributed by atoms with Crippen LogP contribution in [0.2, 0.25) is 0 Å². The molecule has 142 valence electrons. The molecule has 2 saturated heterocycles. The summed E-state index contributed by atoms with van der Waals surface area (Å²) in [6.07, 6.45) is -1.59. The van der Waals surface area contributed by atoms with Gasteiger partial charge in [-0.05, 0) is 37.3 Å². The maximum Gasteiger partial charge on any atom is 0.453 e. The van der Waals surface area contributed by atoms with Crippen LogP contribution in [0.15, 0.2) is 12.1 Å². The molecule has 2 fully saturated rings. The van der Waals surface area contributed by atoms with Crippen molar-refractivity contribution in [2.75, 3.05) is 38.2 Å². The van der Waals surface area contributed by atoms with Gasteiger partial charge >= 0.3 is 6.18 Å². The quantitative estimate of drug-likeness (QED) is 0.889. The zero-order valence-corrected chi connectivity index (χ0v) is 14.2. The number of likely N-dealkylation sites (tertiary alicyclic amines) is 1. The Kier molecular flexibility index (Phi) is 4.70. The molecule has 0 spiro atoms. The minimum atomic E-state index is -4.58. The van der Waals surface area contributed by atoms with Gasteiger partial charge in [0.25, 0.3) is 5.82 Å². The van der Waals surface area contributed by atoms with Crippen molar-refractivity contribution in [3.63, 3.8) is 0 Å². The molecule has 0 bridgehead atoms. The Morgan fingerprint density at radius 2 is 1.96 bits per heavy atom. The maximum absolute atomic E-state index is 13.0. The van der Waals surface area contributed by atoms with E-state index in [0.717, 1.165) is 56.6 Å². The summed E-state index contributed by atoms with van der Waals surface area (Å²) in [4.78, 5) is 2.44. The van der Waals surface area contributed by atoms with Crippen molar-refractivity contribution in [3.8, 4) is 0 Å². The normalized spacial score (nSPS) is 23.0. The zero-order chi connectivity index (χ0) is 18.1. The highest BCUT2D eigenvalue weighted by Gasteiger charge is 2.37. The first kappa shape index (κ1) is 17.5. The van der Waals surface area contributed by atoms with Gasteiger partial charge in [-0.2, -0.15) is 17.7 Å². The summed E-state index contributed by atoms with van der Waals surface area (Å²) in [5, 5.41) is 14.0. The van der Waals surface area contributed by atoms with E-state index in [0.29, 0.717) is 11.7 Å². The molecule has 4 rings (SSSR count). The minimum absolute atomic E-state index is 0.0801. The van der Waals surface area contributed by atoms with Gasteiger partial charge in [-0.25, -0.2) is 0 Å². The Labute approximate surface area is 148 Å². The number of fused-ring (bicyclic) bond motifs is 1. The van der Waals surface area contributed by atoms with Gasteiger partial charge in [0.1, 0.15) is 5.82 Å². The van der Waals surface area contributed by atoms with Crippen LogP contribution < -0.4 is 5.32 Å². The van der Waals surface area contributed by atoms with Gasteiger partial charge in [-0.3, -0.25) is 0 Å². The molecule has 1 atom stereocenters. The maximum atomic E-state index is 13.0. The number of rotatable bonds is 4. The molecule has 2 aromatic heterocycles. The molecule has 2 aromatic rings. The number of nitrogens with zero attached hydrogens (tertiary/aromatic N) is 5. The Morgan fingerprint density at radius 3 is 2.65 bits per heavy atom. The lowest BCUT2D eigenvalue weighted by Crippen LogP contribution is -2.41. The number of piperidine rings is 1. The number of ether oxygens (including phenoxy) is 1. The Bertz CT molecular complexity index is 750. The second-order valence-electron chi connectivity index (χ2n) is 6.96. The highest BCUT2D eigenvalue weighted by atomic mass is 19.4. The van der Waals surface area contributed by atoms with E-state index in [2.05, 4.69) is 25.5 Å². The van der Waals surface area contributed by atoms with Gasteiger partial charge in [-0.1, -0.05) is 0 Å². The highest BCUT2D eigenvalue weighted by molar-refractivity contribution is 5.44. The van der Waals surface area contributed by atoms with Gasteiger partial charge in [0.2, 0.25) is 0 Å². The van der Waals surface area contributed by atoms with E-state index in [4.69, 9.17) is 4.74 Å². The van der Waals surface area contributed by atoms with Crippen LogP contribution in [0.4, 0.5) is 19.0 Å². The monoisotopic (exact) mass is 370 g/mol. The summed E-state index contributed by atoms with van der Waals surface area (Å²) in [5.74, 6) is -0.0756. The number of anilines is 1. The highest BCUT2D eigenvalue weighted by Crippen LogP contribution is 2.28. The van der Waals surface area contributed by atoms with Crippen LogP contribution in [0.3, 0.4) is 0 Å². The predicted octanol–water partition coefficient (Wildman–Crippen LogP) is 2.06. The first-order chi connectivity index (χ1) is 12.5. The van der Waals surface area contributed by atoms with Gasteiger partial charge in [0.15, 0.2) is 5.65 Å². The fourth-order valence-electron chi connectivity index (χ4n) is 3.60. The third kappa shape index (κ3) is 3.75. The minimum Gasteiger partial charge on any atom is -0.381 e. The van der Waals surface area contributed by atoms with Crippen LogP contribution in [0, 0.1) is 5.92 Å². The summed E-state index contributed by atoms with van der Waals surface area (Å²) in [6, 6.07) is 3.33. The van der Waals surface area contributed by atoms with Gasteiger partial charge in [0, 0.05) is 32.3 Å². The summed E-state index contributed by atoms with van der Waals surface area (Å²) in [6.45, 7) is 4.71. The van der Waals surface area contributed by atoms with Crippen LogP contribution in [-0.4, -0.2) is 63.6 Å². The third-order valence-corrected chi connectivity index (χ3v) is 5.00. The lowest BCUT2D eigenvalue weighted by atomic mass is 10.0. The second kappa shape index (κ2) is 6.99. The number of aromatic nitrogens is 4. The fourth-order valence-corrected chi connectivity index (χ4v) is 3.60. The van der Waals surface area contributed by atoms with Crippen molar-refractivity contribution < 1.29 is 17.9 Å². The van der Waals surface area contributed by atoms with E-state index >= 15 is 0 Å². The molecule has 1 N–H and O–H groups in total. The van der Waals surface area contributed by atoms with Crippen molar-refractivity contribution in [1.82, 2.24) is 24.7 Å². The molecule has 1 unspecified atom stereocenters. The summed E-state index contributed by atoms with van der Waals surface area (Å²) < 4.78 is 45.0. The van der Waals surface area contributed by atoms with E-state index in [9.17, 15) is 13.2 Å². The molecule has 4 heterocycles. The Balaban J connectivity index is 1.37. The first-order valence-electron chi connectivity index (χ1n) is 8.85. The second-order valence-corrected chi connectivity index (χ2v) is 6.96. The van der Waals surface area contributed by atoms with Crippen molar-refractivity contribution in [2.45, 2.75) is 31.5 Å². The van der Waals surface area contributed by atoms with Crippen molar-refractivity contribution >= 4 is 11.5 Å². The summed E-state index contributed by atoms with van der Waals surface area (Å²) >= 11 is 0. The number of halogens is 3. The molecule has 0 radical (unpaired) electrons. The van der Waals surface area contributed by atoms with Crippen LogP contribution in [-0.2, 0) is 10.9 Å². The molecule has 2 aliphatic rings. The third-order valence-electron chi connectivity index (χ3n) is 5.00. The first-order valence-corrected chi connectivity index (χ1v) is 8.85. The summed E-state index contributed by atoms with van der Waals surface area (Å²) in [7, 11) is 0. The van der Waals surface area contributed by atoms with Crippen molar-refractivity contribution in [2.24, 2.45) is 5.92 Å². The van der Waals surface area contributed by atoms with E-state index in [-0.39, 0.29) is 11.7 Å². The van der Waals surface area contributed by atoms with Crippen LogP contribution >= 0.6 is 0 Å². The van der Waals surface area contributed by atoms with Crippen molar-refractivity contribution in [3.05, 3.63) is 18.0 Å². The van der Waals surface area contributed by atoms with Gasteiger partial charge in [-0.15, -0.1) is 15.3 Å². The van der Waals surface area contributed by atoms with Crippen LogP contribution in [0.5, 0.6) is 0 Å². The molecule has 0 saturated carbocycles. The number of hydrogen-bond donors (Lipinski definition) is 1. The Hall–Kier alpha value is -1.94. The van der Waals surface area contributed by atoms with Crippen molar-refractivity contribution in [1.29, 1.82) is 0 Å². The molecular formula is C16H21F3N6O. The molecule has 26 heavy (non-hydrogen) atoms. The lowest BCUT2D eigenvalue weighted by molar-refractivity contribution is -0.146. The van der Waals surface area contributed by atoms with Crippen LogP contribution in [0.1, 0.15) is 25.1 Å². The number of hydrogen-bond acceptors (Lipinski definition) is 6. The average molecular weight is 370 g/mol. The molecular weight excluding hydrogens is 349 g/mol. The van der Waals surface area contributed by atoms with E-state index in [1.165, 1.54) is 6.07 Å². The van der Waals surface area contributed by atoms with E-state index in [1.807, 2.05) is 0 Å². The zero-order valence-electron chi connectivity index (χ0n) is 14.2. The number of nitrogens with one attached hydrogen (secondary N) is 1. The van der Waals surface area contributed by atoms with Gasteiger partial charge in [0.05, 0.1) is 6.61 Å². The fraction of sp³-hybridized carbons (Fsp3) is 0.688. The topological polar surface area (TPSA) is 67.6 Å². The molecule has 7 nitrogen and oxygen atoms in total. The Morgan fingerprint density at radius 1 is 1.15 bits per heavy atom. The van der Waals surface area contributed by atoms with E-state index < -0.39 is 12.0 Å². The average Bonchev–Trinajstić information content (AvgIpc) is 3.25. The molecule has 2 aliphatic heterocycles. The molecule has 0 amide bonds. The standard InChI is InChI=1S/C16H21F3N6O/c17-16(18,19)15-22-21-14-2-1-13(23-25(14)15)20-12-3-6-24(7-4-12)9-11-5-8-26-10-11/h1-2,11-12H,3-10H2,(H,20,23). The predicted molar refractivity (Wildman–Crippen MR) is 87.8 cm³/mol. The van der Waals surface area contributed by atoms with Crippen LogP contribution in [0.25, 0.3) is 5.65 Å². The molecule has 10 heteroatoms. The molecule has 0 aliphatic carbocycles.